The normalized spacial score (nSPS) is 11.6. The molecule has 0 spiro atoms. The molecule has 3 nitrogen and oxygen atoms in total. The fourth-order valence-corrected chi connectivity index (χ4v) is 2.50. The maximum absolute atomic E-state index is 9.29. The Labute approximate surface area is 124 Å². The fourth-order valence-electron chi connectivity index (χ4n) is 1.64. The van der Waals surface area contributed by atoms with Crippen molar-refractivity contribution in [2.45, 2.75) is 0 Å². The Hall–Kier alpha value is -1.83. The molecule has 0 saturated carbocycles. The fraction of sp³-hybridized carbons (Fsp3) is 0. The Bertz CT molecular complexity index is 655. The van der Waals surface area contributed by atoms with E-state index >= 15 is 0 Å². The van der Waals surface area contributed by atoms with E-state index in [0.717, 1.165) is 4.47 Å². The Morgan fingerprint density at radius 2 is 2.11 bits per heavy atom. The van der Waals surface area contributed by atoms with E-state index in [1.54, 1.807) is 36.7 Å². The van der Waals surface area contributed by atoms with E-state index in [9.17, 15) is 5.26 Å². The minimum atomic E-state index is 0.374. The van der Waals surface area contributed by atoms with Crippen LogP contribution >= 0.6 is 27.5 Å². The van der Waals surface area contributed by atoms with Crippen molar-refractivity contribution in [2.24, 2.45) is 5.73 Å². The van der Waals surface area contributed by atoms with Gasteiger partial charge in [-0.05, 0) is 24.3 Å². The lowest BCUT2D eigenvalue weighted by atomic mass is 10.0. The third-order valence-electron chi connectivity index (χ3n) is 2.50. The summed E-state index contributed by atoms with van der Waals surface area (Å²) in [6, 6.07) is 10.9. The van der Waals surface area contributed by atoms with Crippen LogP contribution in [0.25, 0.3) is 11.3 Å². The number of benzene rings is 1. The first-order valence-corrected chi connectivity index (χ1v) is 6.55. The van der Waals surface area contributed by atoms with Crippen LogP contribution in [0.1, 0.15) is 11.1 Å². The summed E-state index contributed by atoms with van der Waals surface area (Å²) in [5, 5.41) is 9.84. The standard InChI is InChI=1S/C14H9BrClN3/c15-11-4-10(5-12(16)6-11)14(18)13(7-17)9-2-1-3-19-8-9/h1-6,8H,18H2/b14-13-. The molecule has 19 heavy (non-hydrogen) atoms. The van der Waals surface area contributed by atoms with Gasteiger partial charge in [0, 0.05) is 33.0 Å². The van der Waals surface area contributed by atoms with E-state index in [2.05, 4.69) is 27.0 Å². The minimum Gasteiger partial charge on any atom is -0.397 e. The second-order valence-electron chi connectivity index (χ2n) is 3.80. The molecule has 2 N–H and O–H groups in total. The van der Waals surface area contributed by atoms with Gasteiger partial charge >= 0.3 is 0 Å². The van der Waals surface area contributed by atoms with E-state index in [-0.39, 0.29) is 0 Å². The van der Waals surface area contributed by atoms with E-state index in [0.29, 0.717) is 27.4 Å². The first-order valence-electron chi connectivity index (χ1n) is 5.38. The zero-order valence-corrected chi connectivity index (χ0v) is 12.1. The van der Waals surface area contributed by atoms with Crippen LogP contribution in [0.5, 0.6) is 0 Å². The number of aromatic nitrogens is 1. The van der Waals surface area contributed by atoms with Crippen LogP contribution in [0.2, 0.25) is 5.02 Å². The predicted molar refractivity (Wildman–Crippen MR) is 80.0 cm³/mol. The third kappa shape index (κ3) is 3.14. The molecule has 94 valence electrons. The summed E-state index contributed by atoms with van der Waals surface area (Å²) >= 11 is 9.34. The van der Waals surface area contributed by atoms with Gasteiger partial charge < -0.3 is 5.73 Å². The number of nitrogens with zero attached hydrogens (tertiary/aromatic N) is 2. The first-order chi connectivity index (χ1) is 9.11. The first kappa shape index (κ1) is 13.6. The quantitative estimate of drug-likeness (QED) is 0.849. The van der Waals surface area contributed by atoms with Gasteiger partial charge in [0.15, 0.2) is 0 Å². The molecular formula is C14H9BrClN3. The highest BCUT2D eigenvalue weighted by Crippen LogP contribution is 2.26. The molecule has 0 unspecified atom stereocenters. The van der Waals surface area contributed by atoms with Crippen molar-refractivity contribution >= 4 is 38.8 Å². The number of rotatable bonds is 2. The number of nitrogens with two attached hydrogens (primary N) is 1. The van der Waals surface area contributed by atoms with Gasteiger partial charge in [0.1, 0.15) is 6.07 Å². The zero-order chi connectivity index (χ0) is 13.8. The minimum absolute atomic E-state index is 0.374. The molecule has 2 rings (SSSR count). The van der Waals surface area contributed by atoms with Crippen LogP contribution < -0.4 is 5.73 Å². The Morgan fingerprint density at radius 3 is 2.68 bits per heavy atom. The van der Waals surface area contributed by atoms with Gasteiger partial charge in [-0.1, -0.05) is 33.6 Å². The molecule has 0 aliphatic carbocycles. The number of pyridine rings is 1. The molecule has 0 bridgehead atoms. The van der Waals surface area contributed by atoms with E-state index in [4.69, 9.17) is 17.3 Å². The van der Waals surface area contributed by atoms with Crippen LogP contribution in [0.4, 0.5) is 0 Å². The molecule has 2 aromatic rings. The summed E-state index contributed by atoms with van der Waals surface area (Å²) in [7, 11) is 0. The Kier molecular flexibility index (Phi) is 4.20. The summed E-state index contributed by atoms with van der Waals surface area (Å²) in [6.07, 6.45) is 3.25. The molecule has 0 saturated heterocycles. The number of halogens is 2. The summed E-state index contributed by atoms with van der Waals surface area (Å²) in [5.74, 6) is 0. The SMILES string of the molecule is N#C/C(=C(/N)c1cc(Cl)cc(Br)c1)c1cccnc1. The summed E-state index contributed by atoms with van der Waals surface area (Å²) in [6.45, 7) is 0. The van der Waals surface area contributed by atoms with Crippen molar-refractivity contribution < 1.29 is 0 Å². The van der Waals surface area contributed by atoms with Crippen LogP contribution in [0.15, 0.2) is 47.2 Å². The van der Waals surface area contributed by atoms with Crippen LogP contribution in [0, 0.1) is 11.3 Å². The average molecular weight is 335 g/mol. The van der Waals surface area contributed by atoms with E-state index in [1.807, 2.05) is 6.07 Å². The second-order valence-corrected chi connectivity index (χ2v) is 5.15. The lowest BCUT2D eigenvalue weighted by molar-refractivity contribution is 1.31. The average Bonchev–Trinajstić information content (AvgIpc) is 2.39. The molecular weight excluding hydrogens is 326 g/mol. The molecule has 1 aromatic carbocycles. The lowest BCUT2D eigenvalue weighted by Crippen LogP contribution is -2.01. The van der Waals surface area contributed by atoms with Gasteiger partial charge in [0.25, 0.3) is 0 Å². The highest BCUT2D eigenvalue weighted by atomic mass is 79.9. The molecule has 0 radical (unpaired) electrons. The van der Waals surface area contributed by atoms with Crippen LogP contribution in [-0.2, 0) is 0 Å². The van der Waals surface area contributed by atoms with E-state index < -0.39 is 0 Å². The van der Waals surface area contributed by atoms with Crippen molar-refractivity contribution in [2.75, 3.05) is 0 Å². The van der Waals surface area contributed by atoms with Gasteiger partial charge in [-0.2, -0.15) is 5.26 Å². The maximum atomic E-state index is 9.29. The molecule has 0 aliphatic rings. The largest absolute Gasteiger partial charge is 0.397 e. The smallest absolute Gasteiger partial charge is 0.102 e. The molecule has 0 atom stereocenters. The van der Waals surface area contributed by atoms with Crippen LogP contribution in [0.3, 0.4) is 0 Å². The highest BCUT2D eigenvalue weighted by molar-refractivity contribution is 9.10. The van der Waals surface area contributed by atoms with Crippen molar-refractivity contribution in [1.29, 1.82) is 5.26 Å². The van der Waals surface area contributed by atoms with Crippen LogP contribution in [-0.4, -0.2) is 4.98 Å². The van der Waals surface area contributed by atoms with Gasteiger partial charge in [0.05, 0.1) is 11.3 Å². The number of allylic oxidation sites excluding steroid dienone is 1. The van der Waals surface area contributed by atoms with Gasteiger partial charge in [0.2, 0.25) is 0 Å². The number of nitriles is 1. The van der Waals surface area contributed by atoms with Gasteiger partial charge in [-0.25, -0.2) is 0 Å². The third-order valence-corrected chi connectivity index (χ3v) is 3.18. The van der Waals surface area contributed by atoms with Crippen molar-refractivity contribution in [3.8, 4) is 6.07 Å². The van der Waals surface area contributed by atoms with Crippen molar-refractivity contribution in [1.82, 2.24) is 4.98 Å². The van der Waals surface area contributed by atoms with Gasteiger partial charge in [-0.15, -0.1) is 0 Å². The van der Waals surface area contributed by atoms with Crippen molar-refractivity contribution in [3.05, 3.63) is 63.3 Å². The second kappa shape index (κ2) is 5.87. The highest BCUT2D eigenvalue weighted by Gasteiger charge is 2.09. The molecule has 0 amide bonds. The summed E-state index contributed by atoms with van der Waals surface area (Å²) in [5.41, 5.74) is 8.19. The van der Waals surface area contributed by atoms with Gasteiger partial charge in [-0.3, -0.25) is 4.98 Å². The molecule has 0 aliphatic heterocycles. The zero-order valence-electron chi connectivity index (χ0n) is 9.77. The lowest BCUT2D eigenvalue weighted by Gasteiger charge is -2.07. The summed E-state index contributed by atoms with van der Waals surface area (Å²) in [4.78, 5) is 3.99. The van der Waals surface area contributed by atoms with Crippen molar-refractivity contribution in [3.63, 3.8) is 0 Å². The summed E-state index contributed by atoms with van der Waals surface area (Å²) < 4.78 is 0.807. The molecule has 0 fully saturated rings. The molecule has 1 heterocycles. The maximum Gasteiger partial charge on any atom is 0.102 e. The predicted octanol–water partition coefficient (Wildman–Crippen LogP) is 3.85. The Balaban J connectivity index is 2.59. The van der Waals surface area contributed by atoms with E-state index in [1.165, 1.54) is 0 Å². The monoisotopic (exact) mass is 333 g/mol. The number of hydrogen-bond acceptors (Lipinski definition) is 3. The Morgan fingerprint density at radius 1 is 1.32 bits per heavy atom. The molecule has 1 aromatic heterocycles. The molecule has 5 heteroatoms. The topological polar surface area (TPSA) is 62.7 Å². The number of hydrogen-bond donors (Lipinski definition) is 1.